The molecule has 1 aromatic rings. The summed E-state index contributed by atoms with van der Waals surface area (Å²) in [6.07, 6.45) is 7.15. The summed E-state index contributed by atoms with van der Waals surface area (Å²) in [5, 5.41) is 3.66. The maximum Gasteiger partial charge on any atom is 0.123 e. The van der Waals surface area contributed by atoms with Crippen molar-refractivity contribution in [3.63, 3.8) is 0 Å². The minimum absolute atomic E-state index is 0.105. The fourth-order valence-electron chi connectivity index (χ4n) is 3.10. The summed E-state index contributed by atoms with van der Waals surface area (Å²) in [5.41, 5.74) is 1.28. The fourth-order valence-corrected chi connectivity index (χ4v) is 3.10. The van der Waals surface area contributed by atoms with E-state index in [2.05, 4.69) is 25.2 Å². The summed E-state index contributed by atoms with van der Waals surface area (Å²) in [4.78, 5) is 0. The second-order valence-corrected chi connectivity index (χ2v) is 5.95. The largest absolute Gasteiger partial charge is 0.313 e. The highest BCUT2D eigenvalue weighted by molar-refractivity contribution is 5.27. The van der Waals surface area contributed by atoms with Gasteiger partial charge in [-0.2, -0.15) is 0 Å². The van der Waals surface area contributed by atoms with Crippen LogP contribution in [-0.2, 0) is 5.41 Å². The van der Waals surface area contributed by atoms with Crippen molar-refractivity contribution in [2.45, 2.75) is 63.8 Å². The number of halogens is 1. The first-order valence-corrected chi connectivity index (χ1v) is 7.69. The Morgan fingerprint density at radius 1 is 1.21 bits per heavy atom. The molecule has 0 aliphatic heterocycles. The molecule has 19 heavy (non-hydrogen) atoms. The van der Waals surface area contributed by atoms with Crippen LogP contribution in [0.15, 0.2) is 24.3 Å². The van der Waals surface area contributed by atoms with Gasteiger partial charge in [-0.3, -0.25) is 0 Å². The van der Waals surface area contributed by atoms with E-state index in [9.17, 15) is 4.39 Å². The van der Waals surface area contributed by atoms with Crippen molar-refractivity contribution in [2.75, 3.05) is 6.54 Å². The molecule has 2 heteroatoms. The molecule has 1 N–H and O–H groups in total. The van der Waals surface area contributed by atoms with E-state index >= 15 is 0 Å². The Bertz CT molecular complexity index is 392. The van der Waals surface area contributed by atoms with Crippen molar-refractivity contribution in [2.24, 2.45) is 0 Å². The van der Waals surface area contributed by atoms with Gasteiger partial charge in [-0.1, -0.05) is 38.8 Å². The van der Waals surface area contributed by atoms with Crippen LogP contribution in [0.3, 0.4) is 0 Å². The van der Waals surface area contributed by atoms with Crippen molar-refractivity contribution in [3.05, 3.63) is 35.6 Å². The summed E-state index contributed by atoms with van der Waals surface area (Å²) in [5.74, 6) is -0.111. The minimum atomic E-state index is -0.111. The molecule has 0 heterocycles. The first kappa shape index (κ1) is 14.5. The standard InChI is InChI=1S/C17H26FN/c1-3-10-17(11-4-2,13-19-16-8-9-16)14-6-5-7-15(18)12-14/h5-7,12,16,19H,3-4,8-11,13H2,1-2H3. The van der Waals surface area contributed by atoms with Gasteiger partial charge >= 0.3 is 0 Å². The lowest BCUT2D eigenvalue weighted by molar-refractivity contribution is 0.332. The van der Waals surface area contributed by atoms with Crippen molar-refractivity contribution >= 4 is 0 Å². The van der Waals surface area contributed by atoms with E-state index in [1.54, 1.807) is 12.1 Å². The molecule has 0 atom stereocenters. The van der Waals surface area contributed by atoms with Crippen LogP contribution < -0.4 is 5.32 Å². The van der Waals surface area contributed by atoms with Crippen LogP contribution in [0.25, 0.3) is 0 Å². The normalized spacial score (nSPS) is 15.7. The molecule has 0 bridgehead atoms. The van der Waals surface area contributed by atoms with E-state index < -0.39 is 0 Å². The van der Waals surface area contributed by atoms with Gasteiger partial charge in [0, 0.05) is 18.0 Å². The highest BCUT2D eigenvalue weighted by atomic mass is 19.1. The van der Waals surface area contributed by atoms with Crippen LogP contribution in [0.1, 0.15) is 57.9 Å². The van der Waals surface area contributed by atoms with Gasteiger partial charge in [0.25, 0.3) is 0 Å². The first-order chi connectivity index (χ1) is 9.20. The molecule has 1 aliphatic carbocycles. The Labute approximate surface area is 116 Å². The molecule has 1 fully saturated rings. The molecule has 0 aromatic heterocycles. The van der Waals surface area contributed by atoms with Crippen LogP contribution in [0.4, 0.5) is 4.39 Å². The van der Waals surface area contributed by atoms with Gasteiger partial charge in [0.1, 0.15) is 5.82 Å². The lowest BCUT2D eigenvalue weighted by Crippen LogP contribution is -2.39. The lowest BCUT2D eigenvalue weighted by Gasteiger charge is -2.35. The van der Waals surface area contributed by atoms with Crippen LogP contribution in [0.2, 0.25) is 0 Å². The molecule has 1 aromatic carbocycles. The number of hydrogen-bond acceptors (Lipinski definition) is 1. The lowest BCUT2D eigenvalue weighted by atomic mass is 9.73. The average molecular weight is 263 g/mol. The van der Waals surface area contributed by atoms with Gasteiger partial charge in [-0.25, -0.2) is 4.39 Å². The van der Waals surface area contributed by atoms with Gasteiger partial charge in [-0.05, 0) is 43.4 Å². The maximum absolute atomic E-state index is 13.6. The Hall–Kier alpha value is -0.890. The van der Waals surface area contributed by atoms with Crippen molar-refractivity contribution in [1.82, 2.24) is 5.32 Å². The number of benzene rings is 1. The Kier molecular flexibility index (Phi) is 4.98. The Morgan fingerprint density at radius 3 is 2.42 bits per heavy atom. The average Bonchev–Trinajstić information content (AvgIpc) is 3.20. The second-order valence-electron chi connectivity index (χ2n) is 5.95. The molecule has 1 aliphatic rings. The number of rotatable bonds is 8. The van der Waals surface area contributed by atoms with E-state index in [4.69, 9.17) is 0 Å². The summed E-state index contributed by atoms with van der Waals surface area (Å²) in [7, 11) is 0. The van der Waals surface area contributed by atoms with Crippen LogP contribution in [0.5, 0.6) is 0 Å². The fraction of sp³-hybridized carbons (Fsp3) is 0.647. The van der Waals surface area contributed by atoms with E-state index in [1.807, 2.05) is 6.07 Å². The molecule has 0 amide bonds. The molecule has 1 saturated carbocycles. The highest BCUT2D eigenvalue weighted by Gasteiger charge is 2.33. The Balaban J connectivity index is 2.22. The SMILES string of the molecule is CCCC(CCC)(CNC1CC1)c1cccc(F)c1. The van der Waals surface area contributed by atoms with Crippen molar-refractivity contribution in [3.8, 4) is 0 Å². The van der Waals surface area contributed by atoms with E-state index in [-0.39, 0.29) is 11.2 Å². The predicted octanol–water partition coefficient (Wildman–Crippen LogP) is 4.42. The quantitative estimate of drug-likeness (QED) is 0.732. The van der Waals surface area contributed by atoms with Gasteiger partial charge in [0.2, 0.25) is 0 Å². The zero-order valence-electron chi connectivity index (χ0n) is 12.2. The minimum Gasteiger partial charge on any atom is -0.313 e. The molecular formula is C17H26FN. The predicted molar refractivity (Wildman–Crippen MR) is 78.9 cm³/mol. The molecule has 106 valence electrons. The third-order valence-corrected chi connectivity index (χ3v) is 4.20. The highest BCUT2D eigenvalue weighted by Crippen LogP contribution is 2.35. The molecular weight excluding hydrogens is 237 g/mol. The van der Waals surface area contributed by atoms with E-state index in [0.29, 0.717) is 6.04 Å². The molecule has 0 spiro atoms. The topological polar surface area (TPSA) is 12.0 Å². The zero-order valence-corrected chi connectivity index (χ0v) is 12.2. The van der Waals surface area contributed by atoms with Crippen LogP contribution >= 0.6 is 0 Å². The summed E-state index contributed by atoms with van der Waals surface area (Å²) in [6, 6.07) is 7.94. The third-order valence-electron chi connectivity index (χ3n) is 4.20. The van der Waals surface area contributed by atoms with Gasteiger partial charge in [0.15, 0.2) is 0 Å². The third kappa shape index (κ3) is 3.79. The maximum atomic E-state index is 13.6. The van der Waals surface area contributed by atoms with E-state index in [1.165, 1.54) is 18.4 Å². The molecule has 0 saturated heterocycles. The number of hydrogen-bond donors (Lipinski definition) is 1. The monoisotopic (exact) mass is 263 g/mol. The summed E-state index contributed by atoms with van der Waals surface area (Å²) >= 11 is 0. The van der Waals surface area contributed by atoms with E-state index in [0.717, 1.165) is 32.2 Å². The smallest absolute Gasteiger partial charge is 0.123 e. The Morgan fingerprint density at radius 2 is 1.89 bits per heavy atom. The van der Waals surface area contributed by atoms with Crippen molar-refractivity contribution < 1.29 is 4.39 Å². The summed E-state index contributed by atoms with van der Waals surface area (Å²) < 4.78 is 13.6. The molecule has 0 unspecified atom stereocenters. The molecule has 1 nitrogen and oxygen atoms in total. The first-order valence-electron chi connectivity index (χ1n) is 7.69. The molecule has 0 radical (unpaired) electrons. The zero-order chi connectivity index (χ0) is 13.7. The van der Waals surface area contributed by atoms with Gasteiger partial charge in [-0.15, -0.1) is 0 Å². The number of nitrogens with one attached hydrogen (secondary N) is 1. The van der Waals surface area contributed by atoms with Gasteiger partial charge < -0.3 is 5.32 Å². The van der Waals surface area contributed by atoms with Crippen LogP contribution in [0, 0.1) is 5.82 Å². The van der Waals surface area contributed by atoms with Gasteiger partial charge in [0.05, 0.1) is 0 Å². The van der Waals surface area contributed by atoms with Crippen LogP contribution in [-0.4, -0.2) is 12.6 Å². The summed E-state index contributed by atoms with van der Waals surface area (Å²) in [6.45, 7) is 5.43. The van der Waals surface area contributed by atoms with Crippen molar-refractivity contribution in [1.29, 1.82) is 0 Å². The second kappa shape index (κ2) is 6.51. The molecule has 2 rings (SSSR count).